The molecule has 4 aliphatic rings. The first kappa shape index (κ1) is 34.3. The maximum atomic E-state index is 14.2. The summed E-state index contributed by atoms with van der Waals surface area (Å²) in [6, 6.07) is 11.2. The number of anilines is 2. The number of rotatable bonds is 9. The number of ether oxygens (including phenoxy) is 1. The van der Waals surface area contributed by atoms with E-state index in [1.54, 1.807) is 22.9 Å². The second kappa shape index (κ2) is 14.2. The van der Waals surface area contributed by atoms with Crippen LogP contribution >= 0.6 is 11.6 Å². The fourth-order valence-electron chi connectivity index (χ4n) is 7.53. The minimum Gasteiger partial charge on any atom is -0.462 e. The molecule has 5 heterocycles. The third-order valence-corrected chi connectivity index (χ3v) is 10.5. The van der Waals surface area contributed by atoms with Crippen molar-refractivity contribution in [3.05, 3.63) is 76.2 Å². The third kappa shape index (κ3) is 7.20. The van der Waals surface area contributed by atoms with Crippen LogP contribution < -0.4 is 14.5 Å². The zero-order chi connectivity index (χ0) is 35.0. The molecule has 10 nitrogen and oxygen atoms in total. The molecule has 1 amide bonds. The van der Waals surface area contributed by atoms with Crippen LogP contribution in [0.4, 0.5) is 24.7 Å². The van der Waals surface area contributed by atoms with Gasteiger partial charge >= 0.3 is 6.01 Å². The predicted octanol–water partition coefficient (Wildman–Crippen LogP) is 4.71. The number of piperazine rings is 1. The Morgan fingerprint density at radius 3 is 2.64 bits per heavy atom. The average molecular weight is 709 g/mol. The molecule has 3 fully saturated rings. The number of carbonyl (C=O) groups excluding carboxylic acids is 1. The first-order valence-corrected chi connectivity index (χ1v) is 17.4. The number of benzene rings is 2. The molecule has 4 aliphatic heterocycles. The molecule has 264 valence electrons. The minimum atomic E-state index is -2.78. The SMILES string of the molecule is [C-]#[N+]C[C@H]1CN(c2nc(OC[C@@H]3CC(F)(F)CN3C)nc3c2CCN(c2cccc4cccc(Cl)c24)C3)CCN1C(=O)/C=C/CN1CC(F)C1. The number of hydrogen-bond acceptors (Lipinski definition) is 8. The highest BCUT2D eigenvalue weighted by molar-refractivity contribution is 6.36. The predicted molar refractivity (Wildman–Crippen MR) is 187 cm³/mol. The zero-order valence-corrected chi connectivity index (χ0v) is 28.7. The molecule has 0 bridgehead atoms. The van der Waals surface area contributed by atoms with Gasteiger partial charge in [0, 0.05) is 81.0 Å². The summed E-state index contributed by atoms with van der Waals surface area (Å²) in [5.74, 6) is -2.27. The Labute approximate surface area is 294 Å². The first-order chi connectivity index (χ1) is 24.1. The van der Waals surface area contributed by atoms with Crippen LogP contribution in [-0.2, 0) is 17.8 Å². The topological polar surface area (TPSA) is 72.6 Å². The molecule has 14 heteroatoms. The first-order valence-electron chi connectivity index (χ1n) is 17.0. The van der Waals surface area contributed by atoms with Crippen molar-refractivity contribution in [1.29, 1.82) is 0 Å². The van der Waals surface area contributed by atoms with Gasteiger partial charge in [0.05, 0.1) is 23.8 Å². The summed E-state index contributed by atoms with van der Waals surface area (Å²) in [7, 11) is 1.67. The van der Waals surface area contributed by atoms with Gasteiger partial charge in [0.2, 0.25) is 12.5 Å². The smallest absolute Gasteiger partial charge is 0.318 e. The Morgan fingerprint density at radius 2 is 1.90 bits per heavy atom. The normalized spacial score (nSPS) is 22.9. The molecule has 0 saturated carbocycles. The van der Waals surface area contributed by atoms with Crippen LogP contribution in [-0.4, -0.2) is 127 Å². The summed E-state index contributed by atoms with van der Waals surface area (Å²) in [5, 5.41) is 2.66. The fourth-order valence-corrected chi connectivity index (χ4v) is 7.81. The van der Waals surface area contributed by atoms with Crippen molar-refractivity contribution >= 4 is 39.8 Å². The average Bonchev–Trinajstić information content (AvgIpc) is 3.36. The highest BCUT2D eigenvalue weighted by atomic mass is 35.5. The Kier molecular flexibility index (Phi) is 9.78. The molecular weight excluding hydrogens is 669 g/mol. The Morgan fingerprint density at radius 1 is 1.10 bits per heavy atom. The molecule has 3 saturated heterocycles. The van der Waals surface area contributed by atoms with E-state index in [1.807, 2.05) is 35.2 Å². The monoisotopic (exact) mass is 708 g/mol. The van der Waals surface area contributed by atoms with Crippen molar-refractivity contribution in [3.8, 4) is 6.01 Å². The second-order valence-electron chi connectivity index (χ2n) is 13.7. The van der Waals surface area contributed by atoms with Crippen molar-refractivity contribution in [1.82, 2.24) is 24.7 Å². The van der Waals surface area contributed by atoms with Crippen LogP contribution in [0.2, 0.25) is 5.02 Å². The highest BCUT2D eigenvalue weighted by Gasteiger charge is 2.43. The van der Waals surface area contributed by atoms with Crippen molar-refractivity contribution in [3.63, 3.8) is 0 Å². The van der Waals surface area contributed by atoms with Gasteiger partial charge in [0.15, 0.2) is 0 Å². The van der Waals surface area contributed by atoms with Gasteiger partial charge in [0.1, 0.15) is 24.6 Å². The number of fused-ring (bicyclic) bond motifs is 2. The Balaban J connectivity index is 1.15. The van der Waals surface area contributed by atoms with Crippen molar-refractivity contribution in [2.75, 3.05) is 82.4 Å². The number of likely N-dealkylation sites (tertiary alicyclic amines) is 2. The van der Waals surface area contributed by atoms with Gasteiger partial charge in [-0.15, -0.1) is 0 Å². The molecule has 2 atom stereocenters. The van der Waals surface area contributed by atoms with E-state index >= 15 is 0 Å². The number of likely N-dealkylation sites (N-methyl/N-ethyl adjacent to an activating group) is 1. The number of alkyl halides is 3. The maximum absolute atomic E-state index is 14.2. The summed E-state index contributed by atoms with van der Waals surface area (Å²) >= 11 is 6.69. The fraction of sp³-hybridized carbons (Fsp3) is 0.500. The maximum Gasteiger partial charge on any atom is 0.318 e. The van der Waals surface area contributed by atoms with E-state index in [0.29, 0.717) is 69.6 Å². The lowest BCUT2D eigenvalue weighted by Crippen LogP contribution is -2.56. The lowest BCUT2D eigenvalue weighted by atomic mass is 10.0. The van der Waals surface area contributed by atoms with Crippen LogP contribution in [0.1, 0.15) is 17.7 Å². The van der Waals surface area contributed by atoms with Crippen molar-refractivity contribution in [2.45, 2.75) is 43.6 Å². The van der Waals surface area contributed by atoms with E-state index in [4.69, 9.17) is 32.9 Å². The number of carbonyl (C=O) groups is 1. The van der Waals surface area contributed by atoms with Crippen molar-refractivity contribution < 1.29 is 22.7 Å². The molecule has 0 aliphatic carbocycles. The molecule has 2 aromatic carbocycles. The number of hydrogen-bond donors (Lipinski definition) is 0. The van der Waals surface area contributed by atoms with E-state index in [9.17, 15) is 18.0 Å². The van der Waals surface area contributed by atoms with E-state index in [0.717, 1.165) is 27.7 Å². The van der Waals surface area contributed by atoms with Gasteiger partial charge in [-0.25, -0.2) is 19.7 Å². The highest BCUT2D eigenvalue weighted by Crippen LogP contribution is 2.38. The van der Waals surface area contributed by atoms with Gasteiger partial charge in [0.25, 0.3) is 5.92 Å². The third-order valence-electron chi connectivity index (χ3n) is 10.1. The van der Waals surface area contributed by atoms with Gasteiger partial charge < -0.3 is 24.3 Å². The number of halogens is 4. The van der Waals surface area contributed by atoms with E-state index in [2.05, 4.69) is 20.7 Å². The summed E-state index contributed by atoms with van der Waals surface area (Å²) in [5.41, 5.74) is 2.73. The van der Waals surface area contributed by atoms with Crippen LogP contribution in [0.3, 0.4) is 0 Å². The van der Waals surface area contributed by atoms with E-state index < -0.39 is 18.1 Å². The Bertz CT molecular complexity index is 1810. The number of nitrogens with zero attached hydrogens (tertiary/aromatic N) is 8. The lowest BCUT2D eigenvalue weighted by molar-refractivity contribution is -0.128. The largest absolute Gasteiger partial charge is 0.462 e. The Hall–Kier alpha value is -4.12. The number of aromatic nitrogens is 2. The van der Waals surface area contributed by atoms with Gasteiger partial charge in [-0.05, 0) is 31.0 Å². The van der Waals surface area contributed by atoms with Crippen molar-refractivity contribution in [2.24, 2.45) is 0 Å². The van der Waals surface area contributed by atoms with Crippen LogP contribution in [0.15, 0.2) is 48.6 Å². The lowest BCUT2D eigenvalue weighted by Gasteiger charge is -2.41. The molecule has 1 aromatic heterocycles. The number of amides is 1. The molecule has 3 aromatic rings. The van der Waals surface area contributed by atoms with E-state index in [1.165, 1.54) is 6.08 Å². The van der Waals surface area contributed by atoms with Crippen LogP contribution in [0.5, 0.6) is 6.01 Å². The quantitative estimate of drug-likeness (QED) is 0.234. The summed E-state index contributed by atoms with van der Waals surface area (Å²) in [6.07, 6.45) is 2.81. The van der Waals surface area contributed by atoms with Crippen LogP contribution in [0, 0.1) is 6.57 Å². The second-order valence-corrected chi connectivity index (χ2v) is 14.1. The van der Waals surface area contributed by atoms with Crippen LogP contribution in [0.25, 0.3) is 15.6 Å². The van der Waals surface area contributed by atoms with E-state index in [-0.39, 0.29) is 44.1 Å². The standard InChI is InChI=1S/C36H40ClF3N8O2/c1-41-17-27-20-47(14-15-48(27)32(49)10-5-12-45-18-25(38)19-45)34-28-11-13-46(31-9-4-7-24-6-3-8-29(37)33(24)31)21-30(28)42-35(43-34)50-22-26-16-36(39,40)23-44(26)2/h3-10,25-27H,11-23H2,2H3/b10-5+/t26-,27-/m0/s1. The summed E-state index contributed by atoms with van der Waals surface area (Å²) in [4.78, 5) is 36.2. The van der Waals surface area contributed by atoms with Gasteiger partial charge in [-0.3, -0.25) is 14.6 Å². The minimum absolute atomic E-state index is 0.0192. The summed E-state index contributed by atoms with van der Waals surface area (Å²) < 4.78 is 47.6. The molecule has 7 rings (SSSR count). The molecule has 50 heavy (non-hydrogen) atoms. The molecule has 0 unspecified atom stereocenters. The molecule has 0 N–H and O–H groups in total. The molecular formula is C36H40ClF3N8O2. The zero-order valence-electron chi connectivity index (χ0n) is 27.9. The molecule has 0 radical (unpaired) electrons. The van der Waals surface area contributed by atoms with Gasteiger partial charge in [-0.2, -0.15) is 9.97 Å². The van der Waals surface area contributed by atoms with Gasteiger partial charge in [-0.1, -0.05) is 41.9 Å². The molecule has 0 spiro atoms. The summed E-state index contributed by atoms with van der Waals surface area (Å²) in [6.45, 7) is 11.1.